The number of hydrogen-bond acceptors (Lipinski definition) is 14. The second-order valence-electron chi connectivity index (χ2n) is 7.94. The van der Waals surface area contributed by atoms with Gasteiger partial charge in [0.1, 0.15) is 36.2 Å². The predicted molar refractivity (Wildman–Crippen MR) is 144 cm³/mol. The third-order valence-electron chi connectivity index (χ3n) is 5.36. The Morgan fingerprint density at radius 1 is 0.667 bits per heavy atom. The molecule has 18 heteroatoms. The van der Waals surface area contributed by atoms with Gasteiger partial charge in [0.25, 0.3) is 0 Å². The molecule has 42 heavy (non-hydrogen) atoms. The van der Waals surface area contributed by atoms with E-state index < -0.39 is 90.7 Å². The molecule has 5 atom stereocenters. The molecule has 1 fully saturated rings. The highest BCUT2D eigenvalue weighted by atomic mass is 35.5. The smallest absolute Gasteiger partial charge is 0.340 e. The molecule has 1 aromatic carbocycles. The summed E-state index contributed by atoms with van der Waals surface area (Å²) < 4.78 is 48.0. The molecular weight excluding hydrogens is 654 g/mol. The highest BCUT2D eigenvalue weighted by Crippen LogP contribution is 2.39. The summed E-state index contributed by atoms with van der Waals surface area (Å²) in [6.07, 6.45) is -8.44. The average Bonchev–Trinajstić information content (AvgIpc) is 3.00. The van der Waals surface area contributed by atoms with Crippen LogP contribution in [0.3, 0.4) is 0 Å². The van der Waals surface area contributed by atoms with Gasteiger partial charge >= 0.3 is 29.8 Å². The van der Waals surface area contributed by atoms with E-state index in [1.165, 1.54) is 33.5 Å². The number of methoxy groups -OCH3 is 3. The highest BCUT2D eigenvalue weighted by Gasteiger charge is 2.54. The molecule has 234 valence electrons. The van der Waals surface area contributed by atoms with E-state index in [4.69, 9.17) is 89.0 Å². The molecule has 14 nitrogen and oxygen atoms in total. The normalized spacial score (nSPS) is 21.4. The molecule has 1 aliphatic heterocycles. The van der Waals surface area contributed by atoms with E-state index in [0.29, 0.717) is 0 Å². The molecular formula is C24H26Cl4O14. The SMILES string of the molecule is COc1cc(C(=O)O[C@@H]2O[C@H](COC(=O)CCl)[C@@H](OC(=O)CCl)[C@H](OC(=O)CCl)[C@H]2OC(=O)CCl)cc(OC)c1OC. The van der Waals surface area contributed by atoms with E-state index in [2.05, 4.69) is 0 Å². The van der Waals surface area contributed by atoms with Crippen LogP contribution in [-0.4, -0.2) is 112 Å². The van der Waals surface area contributed by atoms with Crippen molar-refractivity contribution < 1.29 is 66.6 Å². The van der Waals surface area contributed by atoms with Crippen LogP contribution in [0.5, 0.6) is 17.2 Å². The molecule has 0 amide bonds. The molecule has 0 bridgehead atoms. The Morgan fingerprint density at radius 2 is 1.14 bits per heavy atom. The Labute approximate surface area is 259 Å². The molecule has 1 aromatic rings. The molecule has 0 N–H and O–H groups in total. The number of rotatable bonds is 14. The second kappa shape index (κ2) is 17.3. The van der Waals surface area contributed by atoms with Crippen molar-refractivity contribution >= 4 is 76.3 Å². The van der Waals surface area contributed by atoms with Crippen molar-refractivity contribution in [3.63, 3.8) is 0 Å². The van der Waals surface area contributed by atoms with Gasteiger partial charge in [0.15, 0.2) is 23.7 Å². The van der Waals surface area contributed by atoms with Crippen molar-refractivity contribution in [1.29, 1.82) is 0 Å². The van der Waals surface area contributed by atoms with Gasteiger partial charge in [0.05, 0.1) is 26.9 Å². The summed E-state index contributed by atoms with van der Waals surface area (Å²) in [7, 11) is 4.00. The third-order valence-corrected chi connectivity index (χ3v) is 6.24. The maximum absolute atomic E-state index is 13.3. The van der Waals surface area contributed by atoms with Gasteiger partial charge in [-0.2, -0.15) is 0 Å². The fraction of sp³-hybridized carbons (Fsp3) is 0.542. The minimum absolute atomic E-state index is 0.103. The summed E-state index contributed by atoms with van der Waals surface area (Å²) in [6.45, 7) is -0.644. The fourth-order valence-electron chi connectivity index (χ4n) is 3.65. The molecule has 0 unspecified atom stereocenters. The lowest BCUT2D eigenvalue weighted by atomic mass is 9.98. The first-order valence-corrected chi connectivity index (χ1v) is 13.8. The number of benzene rings is 1. The van der Waals surface area contributed by atoms with Crippen LogP contribution in [-0.2, 0) is 47.6 Å². The molecule has 0 radical (unpaired) electrons. The Morgan fingerprint density at radius 3 is 1.60 bits per heavy atom. The quantitative estimate of drug-likeness (QED) is 0.159. The topological polar surface area (TPSA) is 168 Å². The van der Waals surface area contributed by atoms with Crippen LogP contribution < -0.4 is 14.2 Å². The number of carbonyl (C=O) groups is 5. The van der Waals surface area contributed by atoms with Gasteiger partial charge in [-0.25, -0.2) is 4.79 Å². The van der Waals surface area contributed by atoms with E-state index in [0.717, 1.165) is 0 Å². The van der Waals surface area contributed by atoms with Crippen molar-refractivity contribution in [3.8, 4) is 17.2 Å². The van der Waals surface area contributed by atoms with Gasteiger partial charge < -0.3 is 42.6 Å². The Balaban J connectivity index is 2.59. The number of alkyl halides is 4. The van der Waals surface area contributed by atoms with E-state index in [-0.39, 0.29) is 22.8 Å². The largest absolute Gasteiger partial charge is 0.493 e. The van der Waals surface area contributed by atoms with Crippen molar-refractivity contribution in [2.75, 3.05) is 51.5 Å². The summed E-state index contributed by atoms with van der Waals surface area (Å²) >= 11 is 22.3. The molecule has 1 saturated heterocycles. The van der Waals surface area contributed by atoms with Crippen molar-refractivity contribution in [1.82, 2.24) is 0 Å². The Kier molecular flexibility index (Phi) is 14.5. The number of hydrogen-bond donors (Lipinski definition) is 0. The number of halogens is 4. The van der Waals surface area contributed by atoms with Crippen LogP contribution in [0.1, 0.15) is 10.4 Å². The second-order valence-corrected chi connectivity index (χ2v) is 9.01. The first-order valence-electron chi connectivity index (χ1n) is 11.7. The first kappa shape index (κ1) is 35.3. The lowest BCUT2D eigenvalue weighted by molar-refractivity contribution is -0.294. The van der Waals surface area contributed by atoms with E-state index in [1.807, 2.05) is 0 Å². The van der Waals surface area contributed by atoms with Crippen LogP contribution in [0.15, 0.2) is 12.1 Å². The first-order chi connectivity index (χ1) is 20.1. The van der Waals surface area contributed by atoms with Crippen LogP contribution in [0, 0.1) is 0 Å². The van der Waals surface area contributed by atoms with E-state index in [1.54, 1.807) is 0 Å². The maximum atomic E-state index is 13.3. The third kappa shape index (κ3) is 9.30. The molecule has 0 aromatic heterocycles. The van der Waals surface area contributed by atoms with Crippen LogP contribution >= 0.6 is 46.4 Å². The lowest BCUT2D eigenvalue weighted by Gasteiger charge is -2.43. The summed E-state index contributed by atoms with van der Waals surface area (Å²) in [6, 6.07) is 2.53. The highest BCUT2D eigenvalue weighted by molar-refractivity contribution is 6.27. The summed E-state index contributed by atoms with van der Waals surface area (Å²) in [5.41, 5.74) is -0.134. The van der Waals surface area contributed by atoms with Crippen molar-refractivity contribution in [2.45, 2.75) is 30.7 Å². The Bertz CT molecular complexity index is 1110. The zero-order valence-corrected chi connectivity index (χ0v) is 25.3. The fourth-order valence-corrected chi connectivity index (χ4v) is 3.91. The minimum atomic E-state index is -1.86. The zero-order valence-electron chi connectivity index (χ0n) is 22.3. The number of carbonyl (C=O) groups excluding carboxylic acids is 5. The van der Waals surface area contributed by atoms with Gasteiger partial charge in [0, 0.05) is 0 Å². The standard InChI is InChI=1S/C24H26Cl4O14/c1-34-12-4-11(5-13(35-2)19(12)36-3)23(33)42-24-22(41-18(32)9-28)21(40-17(31)8-27)20(39-16(30)7-26)14(38-24)10-37-15(29)6-25/h4-5,14,20-22,24H,6-10H2,1-3H3/t14-,20-,21+,22-,24+/m1/s1. The number of esters is 5. The molecule has 2 rings (SSSR count). The molecule has 0 saturated carbocycles. The van der Waals surface area contributed by atoms with Gasteiger partial charge in [-0.1, -0.05) is 0 Å². The van der Waals surface area contributed by atoms with E-state index >= 15 is 0 Å². The molecule has 0 aliphatic carbocycles. The molecule has 0 spiro atoms. The lowest BCUT2D eigenvalue weighted by Crippen LogP contribution is -2.63. The molecule has 1 aliphatic rings. The van der Waals surface area contributed by atoms with Gasteiger partial charge in [0.2, 0.25) is 18.1 Å². The number of ether oxygens (including phenoxy) is 9. The minimum Gasteiger partial charge on any atom is -0.493 e. The van der Waals surface area contributed by atoms with Crippen LogP contribution in [0.25, 0.3) is 0 Å². The predicted octanol–water partition coefficient (Wildman–Crippen LogP) is 1.83. The average molecular weight is 680 g/mol. The van der Waals surface area contributed by atoms with Gasteiger partial charge in [-0.3, -0.25) is 19.2 Å². The van der Waals surface area contributed by atoms with E-state index in [9.17, 15) is 24.0 Å². The summed E-state index contributed by atoms with van der Waals surface area (Å²) in [5.74, 6) is -7.23. The van der Waals surface area contributed by atoms with Crippen LogP contribution in [0.2, 0.25) is 0 Å². The monoisotopic (exact) mass is 678 g/mol. The van der Waals surface area contributed by atoms with Gasteiger partial charge in [-0.05, 0) is 12.1 Å². The van der Waals surface area contributed by atoms with Crippen LogP contribution in [0.4, 0.5) is 0 Å². The van der Waals surface area contributed by atoms with Gasteiger partial charge in [-0.15, -0.1) is 46.4 Å². The Hall–Kier alpha value is -2.91. The maximum Gasteiger partial charge on any atom is 0.340 e. The molecule has 1 heterocycles. The van der Waals surface area contributed by atoms with Crippen molar-refractivity contribution in [2.24, 2.45) is 0 Å². The summed E-state index contributed by atoms with van der Waals surface area (Å²) in [4.78, 5) is 61.8. The zero-order chi connectivity index (χ0) is 31.4. The summed E-state index contributed by atoms with van der Waals surface area (Å²) in [5, 5.41) is 0. The van der Waals surface area contributed by atoms with Crippen molar-refractivity contribution in [3.05, 3.63) is 17.7 Å².